The smallest absolute Gasteiger partial charge is 0.200 e. The van der Waals surface area contributed by atoms with E-state index in [9.17, 15) is 0 Å². The molecule has 4 atom stereocenters. The molecule has 0 spiro atoms. The third kappa shape index (κ3) is 5.57. The van der Waals surface area contributed by atoms with Gasteiger partial charge in [0.05, 0.1) is 25.9 Å². The topological polar surface area (TPSA) is 27.7 Å². The normalized spacial score (nSPS) is 25.2. The Kier molecular flexibility index (Phi) is 9.20. The minimum Gasteiger partial charge on any atom is -0.497 e. The second kappa shape index (κ2) is 11.0. The van der Waals surface area contributed by atoms with Gasteiger partial charge in [0.2, 0.25) is 8.32 Å². The second-order valence-electron chi connectivity index (χ2n) is 9.98. The van der Waals surface area contributed by atoms with Gasteiger partial charge in [0.15, 0.2) is 0 Å². The van der Waals surface area contributed by atoms with Crippen molar-refractivity contribution < 1.29 is 13.9 Å². The van der Waals surface area contributed by atoms with Crippen LogP contribution in [0.5, 0.6) is 5.75 Å². The zero-order chi connectivity index (χ0) is 22.5. The Labute approximate surface area is 186 Å². The van der Waals surface area contributed by atoms with Crippen molar-refractivity contribution in [1.29, 1.82) is 0 Å². The minimum atomic E-state index is -1.95. The zero-order valence-electron chi connectivity index (χ0n) is 20.6. The van der Waals surface area contributed by atoms with Gasteiger partial charge in [-0.3, -0.25) is 0 Å². The van der Waals surface area contributed by atoms with Gasteiger partial charge in [-0.2, -0.15) is 0 Å². The molecule has 2 rings (SSSR count). The molecule has 0 aliphatic heterocycles. The van der Waals surface area contributed by atoms with Crippen LogP contribution in [0, 0.1) is 11.8 Å². The van der Waals surface area contributed by atoms with Crippen LogP contribution in [-0.4, -0.2) is 27.6 Å². The van der Waals surface area contributed by atoms with Gasteiger partial charge in [-0.25, -0.2) is 0 Å². The van der Waals surface area contributed by atoms with Crippen molar-refractivity contribution in [3.63, 3.8) is 0 Å². The van der Waals surface area contributed by atoms with E-state index in [0.717, 1.165) is 12.2 Å². The zero-order valence-corrected chi connectivity index (χ0v) is 21.6. The van der Waals surface area contributed by atoms with Gasteiger partial charge < -0.3 is 13.9 Å². The first-order chi connectivity index (χ1) is 14.1. The molecule has 0 unspecified atom stereocenters. The summed E-state index contributed by atoms with van der Waals surface area (Å²) in [7, 11) is -0.256. The van der Waals surface area contributed by atoms with Crippen molar-refractivity contribution in [3.05, 3.63) is 42.0 Å². The molecule has 30 heavy (non-hydrogen) atoms. The van der Waals surface area contributed by atoms with Crippen LogP contribution in [0.25, 0.3) is 0 Å². The van der Waals surface area contributed by atoms with Crippen LogP contribution < -0.4 is 4.74 Å². The number of rotatable bonds is 9. The minimum absolute atomic E-state index is 0.163. The molecule has 1 aromatic rings. The van der Waals surface area contributed by atoms with Crippen LogP contribution in [0.15, 0.2) is 36.4 Å². The summed E-state index contributed by atoms with van der Waals surface area (Å²) in [4.78, 5) is 0. The fourth-order valence-corrected chi connectivity index (χ4v) is 11.2. The summed E-state index contributed by atoms with van der Waals surface area (Å²) in [6.07, 6.45) is 5.95. The Morgan fingerprint density at radius 3 is 2.00 bits per heavy atom. The van der Waals surface area contributed by atoms with Crippen molar-refractivity contribution in [2.75, 3.05) is 7.11 Å². The van der Waals surface area contributed by atoms with Crippen LogP contribution in [0.2, 0.25) is 16.6 Å². The number of ether oxygens (including phenoxy) is 2. The van der Waals surface area contributed by atoms with Crippen molar-refractivity contribution in [2.24, 2.45) is 11.8 Å². The predicted molar refractivity (Wildman–Crippen MR) is 130 cm³/mol. The summed E-state index contributed by atoms with van der Waals surface area (Å²) in [5.74, 6) is 1.62. The lowest BCUT2D eigenvalue weighted by atomic mass is 9.91. The van der Waals surface area contributed by atoms with Gasteiger partial charge in [0.25, 0.3) is 0 Å². The molecular formula is C26H44O3Si. The average molecular weight is 433 g/mol. The Hall–Kier alpha value is -1.10. The summed E-state index contributed by atoms with van der Waals surface area (Å²) in [6, 6.07) is 8.16. The van der Waals surface area contributed by atoms with Gasteiger partial charge >= 0.3 is 0 Å². The SMILES string of the molecule is COc1ccc(CO[C@H]2CC=C[C@@H](C)[C@@H](O[Si](C(C)C)(C(C)C)C(C)C)[C@H]2C)cc1. The van der Waals surface area contributed by atoms with Crippen molar-refractivity contribution in [3.8, 4) is 5.75 Å². The number of hydrogen-bond acceptors (Lipinski definition) is 3. The van der Waals surface area contributed by atoms with Crippen LogP contribution >= 0.6 is 0 Å². The standard InChI is InChI=1S/C26H44O3Si/c1-18(2)30(19(3)4,20(5)6)29-26-21(7)11-10-12-25(22(26)8)28-17-23-13-15-24(27-9)16-14-23/h10-11,13-16,18-22,25-26H,12,17H2,1-9H3/t21-,22+,25+,26-/m1/s1. The average Bonchev–Trinajstić information content (AvgIpc) is 2.82. The summed E-state index contributed by atoms with van der Waals surface area (Å²) < 4.78 is 19.0. The van der Waals surface area contributed by atoms with Crippen LogP contribution in [0.1, 0.15) is 67.4 Å². The second-order valence-corrected chi connectivity index (χ2v) is 15.4. The van der Waals surface area contributed by atoms with Gasteiger partial charge in [0.1, 0.15) is 5.75 Å². The number of hydrogen-bond donors (Lipinski definition) is 0. The first kappa shape index (κ1) is 25.2. The van der Waals surface area contributed by atoms with Gasteiger partial charge in [0, 0.05) is 5.92 Å². The first-order valence-corrected chi connectivity index (χ1v) is 13.9. The quantitative estimate of drug-likeness (QED) is 0.301. The fourth-order valence-electron chi connectivity index (χ4n) is 5.45. The molecule has 1 aliphatic carbocycles. The van der Waals surface area contributed by atoms with E-state index in [0.29, 0.717) is 35.1 Å². The molecule has 3 nitrogen and oxygen atoms in total. The maximum Gasteiger partial charge on any atom is 0.200 e. The molecule has 0 amide bonds. The summed E-state index contributed by atoms with van der Waals surface area (Å²) in [6.45, 7) is 19.5. The Balaban J connectivity index is 2.19. The first-order valence-electron chi connectivity index (χ1n) is 11.7. The van der Waals surface area contributed by atoms with Gasteiger partial charge in [-0.05, 0) is 46.7 Å². The van der Waals surface area contributed by atoms with E-state index >= 15 is 0 Å². The third-order valence-electron chi connectivity index (χ3n) is 7.10. The monoisotopic (exact) mass is 432 g/mol. The highest BCUT2D eigenvalue weighted by Crippen LogP contribution is 2.45. The fraction of sp³-hybridized carbons (Fsp3) is 0.692. The molecule has 1 aromatic carbocycles. The van der Waals surface area contributed by atoms with Crippen molar-refractivity contribution in [1.82, 2.24) is 0 Å². The van der Waals surface area contributed by atoms with E-state index in [4.69, 9.17) is 13.9 Å². The van der Waals surface area contributed by atoms with E-state index < -0.39 is 8.32 Å². The highest BCUT2D eigenvalue weighted by atomic mass is 28.4. The Morgan fingerprint density at radius 2 is 1.50 bits per heavy atom. The van der Waals surface area contributed by atoms with Crippen molar-refractivity contribution >= 4 is 8.32 Å². The molecule has 0 saturated carbocycles. The number of methoxy groups -OCH3 is 1. The lowest BCUT2D eigenvalue weighted by Gasteiger charge is -2.47. The van der Waals surface area contributed by atoms with E-state index in [1.54, 1.807) is 7.11 Å². The summed E-state index contributed by atoms with van der Waals surface area (Å²) >= 11 is 0. The molecule has 0 heterocycles. The lowest BCUT2D eigenvalue weighted by Crippen LogP contribution is -2.53. The summed E-state index contributed by atoms with van der Waals surface area (Å²) in [5.41, 5.74) is 2.94. The molecule has 1 aliphatic rings. The third-order valence-corrected chi connectivity index (χ3v) is 13.2. The largest absolute Gasteiger partial charge is 0.497 e. The summed E-state index contributed by atoms with van der Waals surface area (Å²) in [5, 5.41) is 0. The predicted octanol–water partition coefficient (Wildman–Crippen LogP) is 7.37. The molecule has 0 N–H and O–H groups in total. The van der Waals surface area contributed by atoms with E-state index in [2.05, 4.69) is 79.7 Å². The molecule has 0 aromatic heterocycles. The molecular weight excluding hydrogens is 388 g/mol. The molecule has 0 saturated heterocycles. The number of benzene rings is 1. The highest BCUT2D eigenvalue weighted by molar-refractivity contribution is 6.77. The van der Waals surface area contributed by atoms with Crippen molar-refractivity contribution in [2.45, 2.75) is 97.2 Å². The Bertz CT molecular complexity index is 644. The van der Waals surface area contributed by atoms with Crippen LogP contribution in [0.4, 0.5) is 0 Å². The molecule has 4 heteroatoms. The highest BCUT2D eigenvalue weighted by Gasteiger charge is 2.48. The van der Waals surface area contributed by atoms with E-state index in [-0.39, 0.29) is 12.2 Å². The Morgan fingerprint density at radius 1 is 0.933 bits per heavy atom. The molecule has 170 valence electrons. The molecule has 0 bridgehead atoms. The van der Waals surface area contributed by atoms with Crippen LogP contribution in [0.3, 0.4) is 0 Å². The van der Waals surface area contributed by atoms with E-state index in [1.807, 2.05) is 12.1 Å². The van der Waals surface area contributed by atoms with Gasteiger partial charge in [-0.1, -0.05) is 79.7 Å². The molecule has 0 fully saturated rings. The maximum atomic E-state index is 7.27. The maximum absolute atomic E-state index is 7.27. The van der Waals surface area contributed by atoms with Crippen LogP contribution in [-0.2, 0) is 15.8 Å². The molecule has 0 radical (unpaired) electrons. The van der Waals surface area contributed by atoms with Gasteiger partial charge in [-0.15, -0.1) is 0 Å². The lowest BCUT2D eigenvalue weighted by molar-refractivity contribution is -0.0391. The van der Waals surface area contributed by atoms with E-state index in [1.165, 1.54) is 5.56 Å².